The molecule has 1 fully saturated rings. The van der Waals surface area contributed by atoms with Crippen molar-refractivity contribution >= 4 is 39.4 Å². The predicted molar refractivity (Wildman–Crippen MR) is 97.7 cm³/mol. The Balaban J connectivity index is 0.000000190. The third kappa shape index (κ3) is 6.49. The Bertz CT molecular complexity index is 689. The van der Waals surface area contributed by atoms with E-state index in [1.165, 1.54) is 0 Å². The Morgan fingerprint density at radius 1 is 1.00 bits per heavy atom. The molecule has 26 heavy (non-hydrogen) atoms. The molecular weight excluding hydrogens is 374 g/mol. The molecule has 0 N–H and O–H groups in total. The molecule has 2 amide bonds. The van der Waals surface area contributed by atoms with Gasteiger partial charge in [0.2, 0.25) is 0 Å². The van der Waals surface area contributed by atoms with Gasteiger partial charge in [0.05, 0.1) is 0 Å². The average Bonchev–Trinajstić information content (AvgIpc) is 3.00. The van der Waals surface area contributed by atoms with Gasteiger partial charge in [0.1, 0.15) is 10.1 Å². The molecule has 0 atom stereocenters. The molecule has 9 heteroatoms. The summed E-state index contributed by atoms with van der Waals surface area (Å²) < 4.78 is 0. The van der Waals surface area contributed by atoms with Crippen molar-refractivity contribution in [2.24, 2.45) is 0 Å². The number of hydroxylamine groups is 2. The van der Waals surface area contributed by atoms with E-state index in [1.54, 1.807) is 40.9 Å². The quantitative estimate of drug-likeness (QED) is 0.567. The van der Waals surface area contributed by atoms with Gasteiger partial charge in [-0.05, 0) is 45.9 Å². The van der Waals surface area contributed by atoms with Crippen LogP contribution in [0.15, 0.2) is 58.8 Å². The monoisotopic (exact) mass is 391 g/mol. The summed E-state index contributed by atoms with van der Waals surface area (Å²) >= 11 is 0. The molecule has 0 spiro atoms. The van der Waals surface area contributed by atoms with Crippen LogP contribution in [0.5, 0.6) is 0 Å². The summed E-state index contributed by atoms with van der Waals surface area (Å²) in [5.41, 5.74) is 0. The van der Waals surface area contributed by atoms with Gasteiger partial charge in [-0.2, -0.15) is 0 Å². The number of rotatable bonds is 5. The van der Waals surface area contributed by atoms with Gasteiger partial charge in [-0.25, -0.2) is 14.8 Å². The molecule has 1 aliphatic heterocycles. The fraction of sp³-hybridized carbons (Fsp3) is 0.235. The van der Waals surface area contributed by atoms with Crippen LogP contribution in [0.25, 0.3) is 0 Å². The Labute approximate surface area is 158 Å². The van der Waals surface area contributed by atoms with E-state index in [0.717, 1.165) is 10.1 Å². The third-order valence-corrected chi connectivity index (χ3v) is 5.16. The minimum absolute atomic E-state index is 0.135. The van der Waals surface area contributed by atoms with E-state index in [1.807, 2.05) is 36.4 Å². The highest BCUT2D eigenvalue weighted by atomic mass is 33.1. The SMILES string of the molecule is CCC(=O)ON1C(=O)CCC1=O.c1ccc(SSc2ccccn2)nc1. The predicted octanol–water partition coefficient (Wildman–Crippen LogP) is 3.28. The fourth-order valence-electron chi connectivity index (χ4n) is 1.70. The molecule has 136 valence electrons. The van der Waals surface area contributed by atoms with E-state index >= 15 is 0 Å². The number of carbonyl (C=O) groups excluding carboxylic acids is 3. The molecule has 7 nitrogen and oxygen atoms in total. The number of hydrogen-bond acceptors (Lipinski definition) is 8. The van der Waals surface area contributed by atoms with Gasteiger partial charge in [-0.1, -0.05) is 19.1 Å². The molecule has 0 aliphatic carbocycles. The molecule has 1 saturated heterocycles. The maximum Gasteiger partial charge on any atom is 0.332 e. The summed E-state index contributed by atoms with van der Waals surface area (Å²) in [5.74, 6) is -1.46. The van der Waals surface area contributed by atoms with Crippen molar-refractivity contribution in [2.45, 2.75) is 36.2 Å². The molecule has 1 aliphatic rings. The van der Waals surface area contributed by atoms with E-state index in [9.17, 15) is 14.4 Å². The number of amides is 2. The Hall–Kier alpha value is -2.39. The lowest BCUT2D eigenvalue weighted by molar-refractivity contribution is -0.197. The summed E-state index contributed by atoms with van der Waals surface area (Å²) in [7, 11) is 3.23. The number of imide groups is 1. The molecule has 0 saturated carbocycles. The van der Waals surface area contributed by atoms with Gasteiger partial charge in [-0.15, -0.1) is 5.06 Å². The first kappa shape index (κ1) is 19.9. The van der Waals surface area contributed by atoms with Gasteiger partial charge < -0.3 is 4.84 Å². The lowest BCUT2D eigenvalue weighted by atomic mass is 10.4. The molecule has 0 bridgehead atoms. The summed E-state index contributed by atoms with van der Waals surface area (Å²) in [6.07, 6.45) is 4.01. The summed E-state index contributed by atoms with van der Waals surface area (Å²) in [6.45, 7) is 1.59. The highest BCUT2D eigenvalue weighted by molar-refractivity contribution is 8.76. The lowest BCUT2D eigenvalue weighted by Crippen LogP contribution is -2.31. The maximum absolute atomic E-state index is 10.9. The highest BCUT2D eigenvalue weighted by Crippen LogP contribution is 2.34. The second kappa shape index (κ2) is 10.6. The van der Waals surface area contributed by atoms with Crippen LogP contribution in [0.4, 0.5) is 0 Å². The van der Waals surface area contributed by atoms with Crippen LogP contribution in [0, 0.1) is 0 Å². The largest absolute Gasteiger partial charge is 0.332 e. The number of hydrogen-bond donors (Lipinski definition) is 0. The molecule has 0 radical (unpaired) electrons. The maximum atomic E-state index is 10.9. The third-order valence-electron chi connectivity index (χ3n) is 2.98. The summed E-state index contributed by atoms with van der Waals surface area (Å²) in [5, 5.41) is 2.55. The molecule has 0 unspecified atom stereocenters. The van der Waals surface area contributed by atoms with Crippen molar-refractivity contribution in [3.05, 3.63) is 48.8 Å². The van der Waals surface area contributed by atoms with Crippen molar-refractivity contribution in [3.63, 3.8) is 0 Å². The minimum atomic E-state index is -0.571. The molecule has 2 aromatic rings. The molecule has 0 aromatic carbocycles. The van der Waals surface area contributed by atoms with Crippen LogP contribution in [0.1, 0.15) is 26.2 Å². The first-order chi connectivity index (χ1) is 12.6. The highest BCUT2D eigenvalue weighted by Gasteiger charge is 2.32. The van der Waals surface area contributed by atoms with Gasteiger partial charge in [0.15, 0.2) is 0 Å². The number of aromatic nitrogens is 2. The van der Waals surface area contributed by atoms with Crippen molar-refractivity contribution in [3.8, 4) is 0 Å². The zero-order valence-electron chi connectivity index (χ0n) is 14.0. The molecule has 3 rings (SSSR count). The van der Waals surface area contributed by atoms with Crippen LogP contribution in [0.3, 0.4) is 0 Å². The number of carbonyl (C=O) groups is 3. The van der Waals surface area contributed by atoms with Crippen molar-refractivity contribution in [1.29, 1.82) is 0 Å². The van der Waals surface area contributed by atoms with Gasteiger partial charge in [0.25, 0.3) is 11.8 Å². The van der Waals surface area contributed by atoms with Gasteiger partial charge in [-0.3, -0.25) is 9.59 Å². The first-order valence-corrected chi connectivity index (χ1v) is 9.98. The van der Waals surface area contributed by atoms with Crippen LogP contribution < -0.4 is 0 Å². The standard InChI is InChI=1S/C10H8N2S2.C7H9NO4/c1-3-7-11-9(5-1)13-14-10-6-2-4-8-12-10;1-2-7(11)12-8-5(9)3-4-6(8)10/h1-8H;2-4H2,1H3. The zero-order valence-corrected chi connectivity index (χ0v) is 15.7. The van der Waals surface area contributed by atoms with E-state index in [-0.39, 0.29) is 19.3 Å². The summed E-state index contributed by atoms with van der Waals surface area (Å²) in [4.78, 5) is 45.3. The van der Waals surface area contributed by atoms with Crippen LogP contribution in [-0.4, -0.2) is 32.8 Å². The summed E-state index contributed by atoms with van der Waals surface area (Å²) in [6, 6.07) is 11.8. The minimum Gasteiger partial charge on any atom is -0.330 e. The molecule has 3 heterocycles. The fourth-order valence-corrected chi connectivity index (χ4v) is 3.45. The van der Waals surface area contributed by atoms with Crippen molar-refractivity contribution < 1.29 is 19.2 Å². The molecular formula is C17H17N3O4S2. The normalized spacial score (nSPS) is 13.2. The van der Waals surface area contributed by atoms with Crippen molar-refractivity contribution in [1.82, 2.24) is 15.0 Å². The Morgan fingerprint density at radius 2 is 1.50 bits per heavy atom. The van der Waals surface area contributed by atoms with Gasteiger partial charge >= 0.3 is 5.97 Å². The van der Waals surface area contributed by atoms with Crippen LogP contribution in [-0.2, 0) is 19.2 Å². The van der Waals surface area contributed by atoms with E-state index in [0.29, 0.717) is 5.06 Å². The lowest BCUT2D eigenvalue weighted by Gasteiger charge is -2.10. The average molecular weight is 391 g/mol. The second-order valence-electron chi connectivity index (χ2n) is 4.90. The Morgan fingerprint density at radius 3 is 1.88 bits per heavy atom. The van der Waals surface area contributed by atoms with Gasteiger partial charge in [0, 0.05) is 31.7 Å². The topological polar surface area (TPSA) is 89.5 Å². The first-order valence-electron chi connectivity index (χ1n) is 7.83. The van der Waals surface area contributed by atoms with Crippen molar-refractivity contribution in [2.75, 3.05) is 0 Å². The number of pyridine rings is 2. The smallest absolute Gasteiger partial charge is 0.330 e. The van der Waals surface area contributed by atoms with E-state index in [4.69, 9.17) is 0 Å². The zero-order chi connectivity index (χ0) is 18.8. The van der Waals surface area contributed by atoms with E-state index in [2.05, 4.69) is 14.8 Å². The van der Waals surface area contributed by atoms with Crippen LogP contribution >= 0.6 is 21.6 Å². The molecule has 2 aromatic heterocycles. The second-order valence-corrected chi connectivity index (χ2v) is 7.07. The number of nitrogens with zero attached hydrogens (tertiary/aromatic N) is 3. The Kier molecular flexibility index (Phi) is 8.10. The van der Waals surface area contributed by atoms with E-state index < -0.39 is 17.8 Å². The van der Waals surface area contributed by atoms with Crippen LogP contribution in [0.2, 0.25) is 0 Å².